The van der Waals surface area contributed by atoms with Crippen LogP contribution in [0.5, 0.6) is 11.5 Å². The number of aromatic hydroxyl groups is 1. The molecule has 0 aliphatic carbocycles. The molecule has 1 aliphatic rings. The third-order valence-corrected chi connectivity index (χ3v) is 5.08. The molecule has 3 rings (SSSR count). The minimum atomic E-state index is -0.646. The van der Waals surface area contributed by atoms with Crippen LogP contribution in [0.2, 0.25) is 0 Å². The third-order valence-electron chi connectivity index (χ3n) is 5.08. The largest absolute Gasteiger partial charge is 0.508 e. The maximum absolute atomic E-state index is 12.7. The predicted octanol–water partition coefficient (Wildman–Crippen LogP) is 2.54. The molecular formula is C23H27N3O5. The monoisotopic (exact) mass is 425 g/mol. The zero-order chi connectivity index (χ0) is 22.4. The topological polar surface area (TPSA) is 108 Å². The number of nitrogens with zero attached hydrogens (tertiary/aromatic N) is 1. The van der Waals surface area contributed by atoms with Gasteiger partial charge in [-0.25, -0.2) is 0 Å². The van der Waals surface area contributed by atoms with Gasteiger partial charge < -0.3 is 25.4 Å². The number of piperidine rings is 1. The molecular weight excluding hydrogens is 398 g/mol. The highest BCUT2D eigenvalue weighted by Gasteiger charge is 2.28. The molecule has 0 aromatic heterocycles. The fourth-order valence-corrected chi connectivity index (χ4v) is 3.49. The Bertz CT molecular complexity index is 936. The van der Waals surface area contributed by atoms with Gasteiger partial charge in [0.25, 0.3) is 11.8 Å². The first-order chi connectivity index (χ1) is 14.8. The first-order valence-electron chi connectivity index (χ1n) is 10.2. The molecule has 1 saturated heterocycles. The summed E-state index contributed by atoms with van der Waals surface area (Å²) in [5.74, 6) is 0.139. The van der Waals surface area contributed by atoms with Gasteiger partial charge in [0.1, 0.15) is 11.5 Å². The third kappa shape index (κ3) is 6.21. The van der Waals surface area contributed by atoms with Gasteiger partial charge >= 0.3 is 0 Å². The first-order valence-corrected chi connectivity index (χ1v) is 10.2. The van der Waals surface area contributed by atoms with Crippen LogP contribution >= 0.6 is 0 Å². The second kappa shape index (κ2) is 9.97. The number of nitrogens with one attached hydrogen (secondary N) is 2. The zero-order valence-electron chi connectivity index (χ0n) is 17.6. The number of amides is 3. The second-order valence-corrected chi connectivity index (χ2v) is 7.59. The molecule has 0 spiro atoms. The molecule has 164 valence electrons. The highest BCUT2D eigenvalue weighted by atomic mass is 16.5. The van der Waals surface area contributed by atoms with Crippen LogP contribution in [0.1, 0.15) is 37.0 Å². The molecule has 0 bridgehead atoms. The van der Waals surface area contributed by atoms with E-state index >= 15 is 0 Å². The van der Waals surface area contributed by atoms with Gasteiger partial charge in [0.2, 0.25) is 5.91 Å². The van der Waals surface area contributed by atoms with Crippen molar-refractivity contribution in [3.8, 4) is 11.5 Å². The van der Waals surface area contributed by atoms with Crippen molar-refractivity contribution in [1.29, 1.82) is 0 Å². The van der Waals surface area contributed by atoms with Crippen molar-refractivity contribution in [3.63, 3.8) is 0 Å². The molecule has 1 aliphatic heterocycles. The minimum Gasteiger partial charge on any atom is -0.508 e. The molecule has 2 aromatic rings. The Morgan fingerprint density at radius 2 is 1.77 bits per heavy atom. The van der Waals surface area contributed by atoms with E-state index in [0.717, 1.165) is 0 Å². The number of hydrogen-bond acceptors (Lipinski definition) is 5. The summed E-state index contributed by atoms with van der Waals surface area (Å²) in [4.78, 5) is 38.2. The number of carbonyl (C=O) groups is 3. The number of carbonyl (C=O) groups excluding carboxylic acids is 3. The number of likely N-dealkylation sites (tertiary alicyclic amines) is 1. The standard InChI is InChI=1S/C23H27N3O5/c1-15(31-21-8-6-20(28)7-9-21)23(30)26-12-10-18(11-13-26)25-22(29)17-4-3-5-19(14-17)24-16(2)27/h3-9,14-15,18,28H,10-13H2,1-2H3,(H,24,27)(H,25,29). The van der Waals surface area contributed by atoms with Crippen LogP contribution in [0.15, 0.2) is 48.5 Å². The summed E-state index contributed by atoms with van der Waals surface area (Å²) in [5, 5.41) is 15.0. The highest BCUT2D eigenvalue weighted by Crippen LogP contribution is 2.19. The second-order valence-electron chi connectivity index (χ2n) is 7.59. The van der Waals surface area contributed by atoms with Crippen LogP contribution in [-0.2, 0) is 9.59 Å². The Kier molecular flexibility index (Phi) is 7.12. The molecule has 1 unspecified atom stereocenters. The number of phenolic OH excluding ortho intramolecular Hbond substituents is 1. The Labute approximate surface area is 181 Å². The average molecular weight is 425 g/mol. The van der Waals surface area contributed by atoms with Gasteiger partial charge in [0.05, 0.1) is 0 Å². The van der Waals surface area contributed by atoms with Crippen molar-refractivity contribution in [3.05, 3.63) is 54.1 Å². The Morgan fingerprint density at radius 1 is 1.10 bits per heavy atom. The van der Waals surface area contributed by atoms with Crippen molar-refractivity contribution in [1.82, 2.24) is 10.2 Å². The molecule has 1 fully saturated rings. The quantitative estimate of drug-likeness (QED) is 0.659. The number of benzene rings is 2. The molecule has 1 heterocycles. The predicted molar refractivity (Wildman–Crippen MR) is 116 cm³/mol. The van der Waals surface area contributed by atoms with Gasteiger partial charge in [-0.05, 0) is 62.2 Å². The SMILES string of the molecule is CC(=O)Nc1cccc(C(=O)NC2CCN(C(=O)C(C)Oc3ccc(O)cc3)CC2)c1. The van der Waals surface area contributed by atoms with E-state index in [1.54, 1.807) is 48.2 Å². The van der Waals surface area contributed by atoms with E-state index < -0.39 is 6.10 Å². The number of phenols is 1. The van der Waals surface area contributed by atoms with Gasteiger partial charge in [0, 0.05) is 37.3 Å². The van der Waals surface area contributed by atoms with Gasteiger partial charge in [-0.1, -0.05) is 6.07 Å². The summed E-state index contributed by atoms with van der Waals surface area (Å²) in [6.45, 7) is 4.17. The van der Waals surface area contributed by atoms with E-state index in [1.165, 1.54) is 19.1 Å². The summed E-state index contributed by atoms with van der Waals surface area (Å²) in [6, 6.07) is 13.0. The van der Waals surface area contributed by atoms with Gasteiger partial charge in [0.15, 0.2) is 6.10 Å². The molecule has 8 nitrogen and oxygen atoms in total. The number of ether oxygens (including phenoxy) is 1. The van der Waals surface area contributed by atoms with Gasteiger partial charge in [-0.3, -0.25) is 14.4 Å². The molecule has 3 amide bonds. The smallest absolute Gasteiger partial charge is 0.263 e. The molecule has 3 N–H and O–H groups in total. The van der Waals surface area contributed by atoms with Crippen molar-refractivity contribution in [2.75, 3.05) is 18.4 Å². The lowest BCUT2D eigenvalue weighted by molar-refractivity contribution is -0.139. The Balaban J connectivity index is 1.48. The van der Waals surface area contributed by atoms with E-state index in [0.29, 0.717) is 42.9 Å². The maximum Gasteiger partial charge on any atom is 0.263 e. The van der Waals surface area contributed by atoms with Crippen LogP contribution in [0.25, 0.3) is 0 Å². The summed E-state index contributed by atoms with van der Waals surface area (Å²) in [7, 11) is 0. The number of anilines is 1. The Morgan fingerprint density at radius 3 is 2.42 bits per heavy atom. The van der Waals surface area contributed by atoms with E-state index in [4.69, 9.17) is 4.74 Å². The van der Waals surface area contributed by atoms with Crippen molar-refractivity contribution in [2.24, 2.45) is 0 Å². The Hall–Kier alpha value is -3.55. The average Bonchev–Trinajstić information content (AvgIpc) is 2.75. The van der Waals surface area contributed by atoms with E-state index in [2.05, 4.69) is 10.6 Å². The van der Waals surface area contributed by atoms with E-state index in [9.17, 15) is 19.5 Å². The highest BCUT2D eigenvalue weighted by molar-refractivity contribution is 5.97. The molecule has 1 atom stereocenters. The van der Waals surface area contributed by atoms with Crippen molar-refractivity contribution in [2.45, 2.75) is 38.8 Å². The van der Waals surface area contributed by atoms with Crippen LogP contribution in [-0.4, -0.2) is 53.0 Å². The van der Waals surface area contributed by atoms with E-state index in [-0.39, 0.29) is 29.5 Å². The number of rotatable bonds is 6. The van der Waals surface area contributed by atoms with Gasteiger partial charge in [-0.2, -0.15) is 0 Å². The first kappa shape index (κ1) is 22.1. The molecule has 2 aromatic carbocycles. The summed E-state index contributed by atoms with van der Waals surface area (Å²) < 4.78 is 5.67. The summed E-state index contributed by atoms with van der Waals surface area (Å²) in [5.41, 5.74) is 1.05. The minimum absolute atomic E-state index is 0.0331. The molecule has 8 heteroatoms. The molecule has 0 saturated carbocycles. The van der Waals surface area contributed by atoms with Crippen molar-refractivity contribution >= 4 is 23.4 Å². The fourth-order valence-electron chi connectivity index (χ4n) is 3.49. The van der Waals surface area contributed by atoms with Gasteiger partial charge in [-0.15, -0.1) is 0 Å². The lowest BCUT2D eigenvalue weighted by Gasteiger charge is -2.33. The van der Waals surface area contributed by atoms with Crippen LogP contribution in [0.4, 0.5) is 5.69 Å². The summed E-state index contributed by atoms with van der Waals surface area (Å²) >= 11 is 0. The number of hydrogen-bond donors (Lipinski definition) is 3. The lowest BCUT2D eigenvalue weighted by atomic mass is 10.0. The van der Waals surface area contributed by atoms with E-state index in [1.807, 2.05) is 0 Å². The maximum atomic E-state index is 12.7. The van der Waals surface area contributed by atoms with Crippen molar-refractivity contribution < 1.29 is 24.2 Å². The normalized spacial score (nSPS) is 15.1. The fraction of sp³-hybridized carbons (Fsp3) is 0.348. The van der Waals surface area contributed by atoms with Crippen LogP contribution in [0.3, 0.4) is 0 Å². The summed E-state index contributed by atoms with van der Waals surface area (Å²) in [6.07, 6.45) is 0.649. The molecule has 31 heavy (non-hydrogen) atoms. The van der Waals surface area contributed by atoms with Crippen LogP contribution < -0.4 is 15.4 Å². The van der Waals surface area contributed by atoms with Crippen LogP contribution in [0, 0.1) is 0 Å². The zero-order valence-corrected chi connectivity index (χ0v) is 17.6. The lowest BCUT2D eigenvalue weighted by Crippen LogP contribution is -2.49. The molecule has 0 radical (unpaired) electrons.